The van der Waals surface area contributed by atoms with Gasteiger partial charge in [-0.3, -0.25) is 0 Å². The summed E-state index contributed by atoms with van der Waals surface area (Å²) in [5.74, 6) is 0.231. The number of hydrogen-bond acceptors (Lipinski definition) is 1. The average molecular weight is 218 g/mol. The molecule has 1 aromatic carbocycles. The minimum absolute atomic E-state index is 0.326. The van der Waals surface area contributed by atoms with Crippen molar-refractivity contribution in [2.45, 2.75) is 6.92 Å². The molecule has 59 valence electrons. The summed E-state index contributed by atoms with van der Waals surface area (Å²) in [6, 6.07) is 5.45. The van der Waals surface area contributed by atoms with Crippen LogP contribution in [0.4, 0.5) is 4.39 Å². The average Bonchev–Trinajstić information content (AvgIpc) is 1.98. The maximum atomic E-state index is 12.6. The van der Waals surface area contributed by atoms with Gasteiger partial charge in [0.05, 0.1) is 11.1 Å². The zero-order valence-corrected chi connectivity index (χ0v) is 7.61. The third-order valence-electron chi connectivity index (χ3n) is 1.13. The van der Waals surface area contributed by atoms with Gasteiger partial charge in [-0.1, -0.05) is 0 Å². The molecule has 0 aromatic heterocycles. The zero-order valence-electron chi connectivity index (χ0n) is 6.03. The Balaban J connectivity index is 2.86. The van der Waals surface area contributed by atoms with Gasteiger partial charge >= 0.3 is 0 Å². The number of hydrogen-bond donors (Lipinski definition) is 0. The first-order valence-electron chi connectivity index (χ1n) is 3.23. The highest BCUT2D eigenvalue weighted by Gasteiger charge is 1.99. The number of rotatable bonds is 2. The van der Waals surface area contributed by atoms with E-state index in [1.165, 1.54) is 6.07 Å². The molecule has 0 unspecified atom stereocenters. The van der Waals surface area contributed by atoms with Crippen LogP contribution in [-0.4, -0.2) is 6.61 Å². The molecule has 11 heavy (non-hydrogen) atoms. The maximum Gasteiger partial charge on any atom is 0.138 e. The number of ether oxygens (including phenoxy) is 1. The highest BCUT2D eigenvalue weighted by Crippen LogP contribution is 2.20. The summed E-state index contributed by atoms with van der Waals surface area (Å²) in [4.78, 5) is 0. The second-order valence-corrected chi connectivity index (χ2v) is 2.78. The van der Waals surface area contributed by atoms with E-state index in [0.717, 1.165) is 0 Å². The summed E-state index contributed by atoms with van der Waals surface area (Å²) >= 11 is 3.04. The van der Waals surface area contributed by atoms with Crippen molar-refractivity contribution in [2.75, 3.05) is 6.61 Å². The van der Waals surface area contributed by atoms with Gasteiger partial charge in [-0.2, -0.15) is 0 Å². The third-order valence-corrected chi connectivity index (χ3v) is 1.73. The molecule has 1 radical (unpaired) electrons. The standard InChI is InChI=1S/C8H7BrFO/c1-2-11-6-3-4-8(10)7(9)5-6/h4-5H,2H2,1H3. The third kappa shape index (κ3) is 2.19. The van der Waals surface area contributed by atoms with Gasteiger partial charge in [-0.15, -0.1) is 0 Å². The summed E-state index contributed by atoms with van der Waals surface area (Å²) in [6.07, 6.45) is 0. The fourth-order valence-electron chi connectivity index (χ4n) is 0.668. The smallest absolute Gasteiger partial charge is 0.138 e. The van der Waals surface area contributed by atoms with Gasteiger partial charge in [-0.25, -0.2) is 4.39 Å². The van der Waals surface area contributed by atoms with Crippen LogP contribution in [0.2, 0.25) is 0 Å². The molecule has 0 saturated carbocycles. The summed E-state index contributed by atoms with van der Waals surface area (Å²) in [5, 5.41) is 0. The first-order valence-corrected chi connectivity index (χ1v) is 4.03. The molecule has 1 aromatic rings. The Morgan fingerprint density at radius 3 is 3.00 bits per heavy atom. The monoisotopic (exact) mass is 217 g/mol. The van der Waals surface area contributed by atoms with Gasteiger partial charge in [0.15, 0.2) is 0 Å². The largest absolute Gasteiger partial charge is 0.493 e. The first kappa shape index (κ1) is 8.53. The van der Waals surface area contributed by atoms with Crippen molar-refractivity contribution in [3.8, 4) is 5.75 Å². The van der Waals surface area contributed by atoms with E-state index in [-0.39, 0.29) is 5.82 Å². The molecule has 0 fully saturated rings. The minimum Gasteiger partial charge on any atom is -0.493 e. The maximum absolute atomic E-state index is 12.6. The van der Waals surface area contributed by atoms with Crippen LogP contribution >= 0.6 is 15.9 Å². The van der Waals surface area contributed by atoms with Crippen LogP contribution in [-0.2, 0) is 0 Å². The number of halogens is 2. The van der Waals surface area contributed by atoms with Gasteiger partial charge in [0.25, 0.3) is 0 Å². The Hall–Kier alpha value is -0.570. The molecule has 0 saturated heterocycles. The van der Waals surface area contributed by atoms with Crippen LogP contribution in [0.3, 0.4) is 0 Å². The lowest BCUT2D eigenvalue weighted by Gasteiger charge is -2.01. The van der Waals surface area contributed by atoms with Crippen LogP contribution < -0.4 is 4.74 Å². The Kier molecular flexibility index (Phi) is 2.88. The Morgan fingerprint density at radius 2 is 2.45 bits per heavy atom. The first-order chi connectivity index (χ1) is 5.24. The summed E-state index contributed by atoms with van der Waals surface area (Å²) in [6.45, 7) is 2.43. The molecule has 3 heteroatoms. The molecule has 0 N–H and O–H groups in total. The molecule has 0 spiro atoms. The fraction of sp³-hybridized carbons (Fsp3) is 0.250. The second-order valence-electron chi connectivity index (χ2n) is 1.93. The molecular formula is C8H7BrFO. The Labute approximate surface area is 73.3 Å². The molecule has 0 aliphatic rings. The summed E-state index contributed by atoms with van der Waals surface area (Å²) in [7, 11) is 0. The van der Waals surface area contributed by atoms with E-state index < -0.39 is 0 Å². The molecule has 0 atom stereocenters. The van der Waals surface area contributed by atoms with Gasteiger partial charge in [0.2, 0.25) is 0 Å². The van der Waals surface area contributed by atoms with E-state index in [1.807, 2.05) is 6.92 Å². The molecule has 0 aliphatic heterocycles. The van der Waals surface area contributed by atoms with Crippen molar-refractivity contribution >= 4 is 15.9 Å². The molecular weight excluding hydrogens is 211 g/mol. The van der Waals surface area contributed by atoms with E-state index in [2.05, 4.69) is 22.0 Å². The Bertz CT molecular complexity index is 250. The van der Waals surface area contributed by atoms with Crippen LogP contribution in [0.1, 0.15) is 6.92 Å². The molecule has 1 nitrogen and oxygen atoms in total. The van der Waals surface area contributed by atoms with Crippen molar-refractivity contribution < 1.29 is 9.13 Å². The predicted molar refractivity (Wildman–Crippen MR) is 44.1 cm³/mol. The van der Waals surface area contributed by atoms with Crippen LogP contribution in [0.5, 0.6) is 5.75 Å². The lowest BCUT2D eigenvalue weighted by atomic mass is 10.3. The van der Waals surface area contributed by atoms with Crippen LogP contribution in [0.25, 0.3) is 0 Å². The molecule has 0 amide bonds. The van der Waals surface area contributed by atoms with Crippen molar-refractivity contribution in [3.05, 3.63) is 28.5 Å². The summed E-state index contributed by atoms with van der Waals surface area (Å²) < 4.78 is 18.1. The lowest BCUT2D eigenvalue weighted by Crippen LogP contribution is -1.91. The Morgan fingerprint density at radius 1 is 1.73 bits per heavy atom. The van der Waals surface area contributed by atoms with Gasteiger partial charge in [0.1, 0.15) is 11.6 Å². The fourth-order valence-corrected chi connectivity index (χ4v) is 0.990. The minimum atomic E-state index is -0.326. The van der Waals surface area contributed by atoms with Crippen LogP contribution in [0.15, 0.2) is 16.6 Å². The van der Waals surface area contributed by atoms with Crippen molar-refractivity contribution in [3.63, 3.8) is 0 Å². The van der Waals surface area contributed by atoms with E-state index in [1.54, 1.807) is 6.07 Å². The van der Waals surface area contributed by atoms with E-state index in [9.17, 15) is 4.39 Å². The molecule has 0 aliphatic carbocycles. The topological polar surface area (TPSA) is 9.23 Å². The quantitative estimate of drug-likeness (QED) is 0.741. The van der Waals surface area contributed by atoms with Crippen molar-refractivity contribution in [1.29, 1.82) is 0 Å². The molecule has 0 heterocycles. The van der Waals surface area contributed by atoms with Gasteiger partial charge < -0.3 is 4.74 Å². The van der Waals surface area contributed by atoms with E-state index in [0.29, 0.717) is 16.8 Å². The SMILES string of the molecule is CCOc1[c]cc(F)c(Br)c1. The zero-order chi connectivity index (χ0) is 8.27. The van der Waals surface area contributed by atoms with Gasteiger partial charge in [0, 0.05) is 6.07 Å². The van der Waals surface area contributed by atoms with Crippen LogP contribution in [0, 0.1) is 11.9 Å². The summed E-state index contributed by atoms with van der Waals surface area (Å²) in [5.41, 5.74) is 0. The van der Waals surface area contributed by atoms with Gasteiger partial charge in [-0.05, 0) is 35.0 Å². The second kappa shape index (κ2) is 3.72. The predicted octanol–water partition coefficient (Wildman–Crippen LogP) is 2.79. The van der Waals surface area contributed by atoms with E-state index >= 15 is 0 Å². The number of benzene rings is 1. The lowest BCUT2D eigenvalue weighted by molar-refractivity contribution is 0.338. The van der Waals surface area contributed by atoms with Crippen molar-refractivity contribution in [1.82, 2.24) is 0 Å². The van der Waals surface area contributed by atoms with Crippen molar-refractivity contribution in [2.24, 2.45) is 0 Å². The highest BCUT2D eigenvalue weighted by molar-refractivity contribution is 9.10. The highest BCUT2D eigenvalue weighted by atomic mass is 79.9. The normalized spacial score (nSPS) is 9.73. The molecule has 0 bridgehead atoms. The van der Waals surface area contributed by atoms with E-state index in [4.69, 9.17) is 4.74 Å². The molecule has 1 rings (SSSR count).